The Balaban J connectivity index is 1.60. The van der Waals surface area contributed by atoms with Crippen molar-refractivity contribution in [3.05, 3.63) is 88.4 Å². The largest absolute Gasteiger partial charge is 0.0884 e. The van der Waals surface area contributed by atoms with Gasteiger partial charge in [-0.2, -0.15) is 0 Å². The molecule has 0 spiro atoms. The Bertz CT molecular complexity index is 742. The summed E-state index contributed by atoms with van der Waals surface area (Å²) < 4.78 is 5.58. The monoisotopic (exact) mass is 420 g/mol. The van der Waals surface area contributed by atoms with Gasteiger partial charge in [-0.1, -0.05) is 107 Å². The minimum absolute atomic E-state index is 1.29. The molecule has 0 saturated heterocycles. The first kappa shape index (κ1) is 17.2. The molecule has 120 valence electrons. The van der Waals surface area contributed by atoms with E-state index >= 15 is 0 Å². The summed E-state index contributed by atoms with van der Waals surface area (Å²) in [5.74, 6) is 0. The molecule has 0 fully saturated rings. The molecule has 0 nitrogen and oxygen atoms in total. The van der Waals surface area contributed by atoms with Gasteiger partial charge < -0.3 is 0 Å². The number of rotatable bonds is 4. The highest BCUT2D eigenvalue weighted by molar-refractivity contribution is 8.42. The molecule has 0 amide bonds. The third-order valence-corrected chi connectivity index (χ3v) is 11.0. The molecule has 0 unspecified atom stereocenters. The highest BCUT2D eigenvalue weighted by Crippen LogP contribution is 2.63. The summed E-state index contributed by atoms with van der Waals surface area (Å²) in [5, 5.41) is 4.33. The first-order valence-electron chi connectivity index (χ1n) is 7.17. The fraction of sp³-hybridized carbons (Fsp3) is 0. The van der Waals surface area contributed by atoms with Crippen LogP contribution in [0.5, 0.6) is 0 Å². The minimum atomic E-state index is 1.29. The second-order valence-corrected chi connectivity index (χ2v) is 11.8. The molecule has 0 atom stereocenters. The van der Waals surface area contributed by atoms with Gasteiger partial charge in [0.1, 0.15) is 0 Å². The zero-order chi connectivity index (χ0) is 16.2. The smallest absolute Gasteiger partial charge is 0.0717 e. The molecule has 2 aliphatic rings. The molecule has 24 heavy (non-hydrogen) atoms. The van der Waals surface area contributed by atoms with Gasteiger partial charge in [-0.05, 0) is 35.1 Å². The minimum Gasteiger partial charge on any atom is -0.0884 e. The van der Waals surface area contributed by atoms with Crippen LogP contribution in [0.1, 0.15) is 0 Å². The summed E-state index contributed by atoms with van der Waals surface area (Å²) in [6.45, 7) is 0. The van der Waals surface area contributed by atoms with E-state index in [0.717, 1.165) is 0 Å². The summed E-state index contributed by atoms with van der Waals surface area (Å²) in [6, 6.07) is 21.3. The van der Waals surface area contributed by atoms with Crippen molar-refractivity contribution >= 4 is 70.6 Å². The molecule has 2 aliphatic heterocycles. The zero-order valence-electron chi connectivity index (χ0n) is 12.4. The van der Waals surface area contributed by atoms with Gasteiger partial charge in [0.05, 0.1) is 16.9 Å². The molecule has 0 radical (unpaired) electrons. The lowest BCUT2D eigenvalue weighted by Crippen LogP contribution is -1.74. The average Bonchev–Trinajstić information content (AvgIpc) is 3.27. The molecular weight excluding hydrogens is 409 g/mol. The number of hydrogen-bond donors (Lipinski definition) is 0. The quantitative estimate of drug-likeness (QED) is 0.484. The highest BCUT2D eigenvalue weighted by Gasteiger charge is 2.26. The lowest BCUT2D eigenvalue weighted by molar-refractivity contribution is 1.47. The van der Waals surface area contributed by atoms with E-state index in [1.165, 1.54) is 26.7 Å². The molecule has 0 N–H and O–H groups in total. The van der Waals surface area contributed by atoms with E-state index in [0.29, 0.717) is 0 Å². The van der Waals surface area contributed by atoms with Crippen molar-refractivity contribution in [2.24, 2.45) is 0 Å². The average molecular weight is 421 g/mol. The molecule has 0 saturated carbocycles. The van der Waals surface area contributed by atoms with E-state index < -0.39 is 0 Å². The summed E-state index contributed by atoms with van der Waals surface area (Å²) in [6.07, 6.45) is 0. The van der Waals surface area contributed by atoms with E-state index in [4.69, 9.17) is 0 Å². The summed E-state index contributed by atoms with van der Waals surface area (Å²) in [7, 11) is 0. The van der Waals surface area contributed by atoms with Crippen molar-refractivity contribution in [1.29, 1.82) is 0 Å². The molecule has 2 aromatic carbocycles. The maximum atomic E-state index is 2.18. The van der Waals surface area contributed by atoms with Gasteiger partial charge in [-0.3, -0.25) is 0 Å². The third kappa shape index (κ3) is 4.29. The zero-order valence-corrected chi connectivity index (χ0v) is 17.3. The van der Waals surface area contributed by atoms with Gasteiger partial charge in [-0.15, -0.1) is 0 Å². The SMILES string of the molecule is C1=CSC(=C2SC(Sc3ccccc3)=C(Sc3ccccc3)S2)S1. The van der Waals surface area contributed by atoms with Crippen LogP contribution >= 0.6 is 70.6 Å². The molecule has 0 aliphatic carbocycles. The molecule has 2 aromatic rings. The third-order valence-electron chi connectivity index (χ3n) is 3.02. The Morgan fingerprint density at radius 3 is 1.46 bits per heavy atom. The Morgan fingerprint density at radius 1 is 0.542 bits per heavy atom. The predicted octanol–water partition coefficient (Wildman–Crippen LogP) is 8.26. The molecule has 2 heterocycles. The Hall–Kier alpha value is -0.240. The number of thioether (sulfide) groups is 6. The lowest BCUT2D eigenvalue weighted by atomic mass is 10.4. The predicted molar refractivity (Wildman–Crippen MR) is 118 cm³/mol. The van der Waals surface area contributed by atoms with Gasteiger partial charge in [0.25, 0.3) is 0 Å². The maximum absolute atomic E-state index is 2.18. The fourth-order valence-corrected chi connectivity index (χ4v) is 9.74. The van der Waals surface area contributed by atoms with Crippen molar-refractivity contribution in [2.75, 3.05) is 0 Å². The molecule has 0 bridgehead atoms. The van der Waals surface area contributed by atoms with Crippen molar-refractivity contribution in [3.63, 3.8) is 0 Å². The molecule has 0 aromatic heterocycles. The normalized spacial score (nSPS) is 17.2. The molecular formula is C18H12S6. The molecule has 4 rings (SSSR count). The summed E-state index contributed by atoms with van der Waals surface area (Å²) in [5.41, 5.74) is 0. The number of benzene rings is 2. The van der Waals surface area contributed by atoms with Crippen LogP contribution in [0, 0.1) is 0 Å². The first-order valence-corrected chi connectivity index (χ1v) is 12.2. The lowest BCUT2D eigenvalue weighted by Gasteiger charge is -2.04. The van der Waals surface area contributed by atoms with Crippen LogP contribution in [-0.2, 0) is 0 Å². The number of hydrogen-bond acceptors (Lipinski definition) is 6. The fourth-order valence-electron chi connectivity index (χ4n) is 1.98. The second kappa shape index (κ2) is 8.43. The van der Waals surface area contributed by atoms with Crippen molar-refractivity contribution in [1.82, 2.24) is 0 Å². The van der Waals surface area contributed by atoms with Crippen LogP contribution in [0.15, 0.2) is 98.2 Å². The van der Waals surface area contributed by atoms with Gasteiger partial charge in [0, 0.05) is 9.79 Å². The summed E-state index contributed by atoms with van der Waals surface area (Å²) in [4.78, 5) is 2.59. The highest BCUT2D eigenvalue weighted by atomic mass is 32.3. The van der Waals surface area contributed by atoms with Crippen LogP contribution in [0.3, 0.4) is 0 Å². The van der Waals surface area contributed by atoms with Crippen LogP contribution in [0.25, 0.3) is 0 Å². The van der Waals surface area contributed by atoms with E-state index in [1.807, 2.05) is 70.6 Å². The molecule has 6 heteroatoms. The van der Waals surface area contributed by atoms with E-state index in [9.17, 15) is 0 Å². The van der Waals surface area contributed by atoms with Gasteiger partial charge in [0.15, 0.2) is 0 Å². The van der Waals surface area contributed by atoms with E-state index in [-0.39, 0.29) is 0 Å². The van der Waals surface area contributed by atoms with Crippen molar-refractivity contribution in [3.8, 4) is 0 Å². The van der Waals surface area contributed by atoms with Gasteiger partial charge in [0.2, 0.25) is 0 Å². The summed E-state index contributed by atoms with van der Waals surface area (Å²) >= 11 is 11.2. The first-order chi connectivity index (χ1) is 11.9. The second-order valence-electron chi connectivity index (χ2n) is 4.69. The van der Waals surface area contributed by atoms with E-state index in [2.05, 4.69) is 71.5 Å². The van der Waals surface area contributed by atoms with E-state index in [1.54, 1.807) is 0 Å². The Morgan fingerprint density at radius 2 is 1.00 bits per heavy atom. The van der Waals surface area contributed by atoms with Crippen LogP contribution in [-0.4, -0.2) is 0 Å². The van der Waals surface area contributed by atoms with Gasteiger partial charge in [-0.25, -0.2) is 0 Å². The van der Waals surface area contributed by atoms with Crippen molar-refractivity contribution < 1.29 is 0 Å². The van der Waals surface area contributed by atoms with Crippen LogP contribution < -0.4 is 0 Å². The van der Waals surface area contributed by atoms with Crippen LogP contribution in [0.4, 0.5) is 0 Å². The van der Waals surface area contributed by atoms with Gasteiger partial charge >= 0.3 is 0 Å². The maximum Gasteiger partial charge on any atom is 0.0717 e. The topological polar surface area (TPSA) is 0 Å². The Labute approximate surface area is 167 Å². The Kier molecular flexibility index (Phi) is 6.04. The van der Waals surface area contributed by atoms with Crippen LogP contribution in [0.2, 0.25) is 0 Å². The standard InChI is InChI=1S/C18H12S6/c1-3-7-13(8-4-1)21-17-18(22-14-9-5-2-6-10-14)24-16(23-17)15-19-11-12-20-15/h1-12H. The van der Waals surface area contributed by atoms with Crippen molar-refractivity contribution in [2.45, 2.75) is 9.79 Å².